The lowest BCUT2D eigenvalue weighted by atomic mass is 9.76. The highest BCUT2D eigenvalue weighted by Crippen LogP contribution is 2.65. The summed E-state index contributed by atoms with van der Waals surface area (Å²) in [4.78, 5) is 42.4. The predicted octanol–water partition coefficient (Wildman–Crippen LogP) is 2.80. The van der Waals surface area contributed by atoms with Crippen LogP contribution in [0.3, 0.4) is 0 Å². The van der Waals surface area contributed by atoms with E-state index in [0.29, 0.717) is 46.0 Å². The number of Topliss-reactive ketones (excluding diaryl/α,β-unsaturated/α-hetero) is 1. The van der Waals surface area contributed by atoms with Gasteiger partial charge in [-0.3, -0.25) is 19.4 Å². The maximum Gasteiger partial charge on any atom is 0.375 e. The van der Waals surface area contributed by atoms with Gasteiger partial charge in [0, 0.05) is 48.2 Å². The largest absolute Gasteiger partial charge is 0.504 e. The summed E-state index contributed by atoms with van der Waals surface area (Å²) in [5.74, 6) is -0.906. The smallest absolute Gasteiger partial charge is 0.375 e. The molecule has 0 aliphatic carbocycles. The summed E-state index contributed by atoms with van der Waals surface area (Å²) in [6.07, 6.45) is 0.271. The second kappa shape index (κ2) is 10.0. The van der Waals surface area contributed by atoms with Gasteiger partial charge >= 0.3 is 11.9 Å². The van der Waals surface area contributed by atoms with Crippen LogP contribution in [-0.4, -0.2) is 84.1 Å². The molecule has 6 heterocycles. The number of nitriles is 1. The van der Waals surface area contributed by atoms with Crippen molar-refractivity contribution < 1.29 is 43.2 Å². The fraction of sp³-hybridized carbons (Fsp3) is 0.484. The molecule has 230 valence electrons. The zero-order chi connectivity index (χ0) is 31.2. The monoisotopic (exact) mass is 621 g/mol. The Hall–Kier alpha value is -3.99. The van der Waals surface area contributed by atoms with Crippen LogP contribution in [-0.2, 0) is 25.5 Å². The van der Waals surface area contributed by atoms with Gasteiger partial charge in [0.25, 0.3) is 0 Å². The standard InChI is InChI=1S/C31H31N3O9S/c1-13-6-16-7-31(10-32)11-33(4)22(19(16)24(37)25(13)39-5)23-29-21-20(17(34(23)31)8-40-30(38)18(36)9-44-29)28-27(41-12-42-28)14(2)26(21)43-15(3)35/h6,17,22-23,29,37H,7-9,11-12H2,1-5H3/t17?,22-,23-,29-,31?/m1/s1. The summed E-state index contributed by atoms with van der Waals surface area (Å²) >= 11 is 1.22. The number of phenols is 1. The normalized spacial score (nSPS) is 30.0. The first-order chi connectivity index (χ1) is 21.0. The van der Waals surface area contributed by atoms with E-state index in [1.807, 2.05) is 20.0 Å². The number of esters is 2. The van der Waals surface area contributed by atoms with Gasteiger partial charge in [0.05, 0.1) is 36.3 Å². The van der Waals surface area contributed by atoms with Crippen molar-refractivity contribution in [1.82, 2.24) is 9.80 Å². The minimum atomic E-state index is -1.15. The van der Waals surface area contributed by atoms with Crippen molar-refractivity contribution in [3.8, 4) is 34.8 Å². The summed E-state index contributed by atoms with van der Waals surface area (Å²) in [6.45, 7) is 4.94. The number of phenolic OH excluding ortho intramolecular Hbond substituents is 1. The molecule has 6 atom stereocenters. The molecule has 44 heavy (non-hydrogen) atoms. The molecule has 8 rings (SSSR count). The van der Waals surface area contributed by atoms with Crippen molar-refractivity contribution in [2.45, 2.75) is 56.1 Å². The third-order valence-electron chi connectivity index (χ3n) is 9.46. The highest BCUT2D eigenvalue weighted by molar-refractivity contribution is 8.00. The molecular formula is C31H31N3O9S. The first kappa shape index (κ1) is 28.8. The second-order valence-electron chi connectivity index (χ2n) is 11.9. The van der Waals surface area contributed by atoms with E-state index in [2.05, 4.69) is 15.9 Å². The Morgan fingerprint density at radius 2 is 1.91 bits per heavy atom. The fourth-order valence-electron chi connectivity index (χ4n) is 8.00. The number of methoxy groups -OCH3 is 1. The van der Waals surface area contributed by atoms with Crippen LogP contribution in [0.15, 0.2) is 6.07 Å². The Morgan fingerprint density at radius 1 is 1.16 bits per heavy atom. The third-order valence-corrected chi connectivity index (χ3v) is 10.8. The van der Waals surface area contributed by atoms with Crippen molar-refractivity contribution in [3.63, 3.8) is 0 Å². The minimum Gasteiger partial charge on any atom is -0.504 e. The van der Waals surface area contributed by atoms with E-state index < -0.39 is 46.6 Å². The van der Waals surface area contributed by atoms with E-state index in [1.165, 1.54) is 25.8 Å². The van der Waals surface area contributed by atoms with Gasteiger partial charge in [-0.05, 0) is 32.0 Å². The van der Waals surface area contributed by atoms with Crippen LogP contribution in [0, 0.1) is 25.2 Å². The SMILES string of the molecule is COc1c(C)cc2c(c1O)[C@@H]1[C@@H]3[C@@H]4SCC(=O)C(=O)OCC(c5c6c(c(C)c(OC(C)=O)c54)OCO6)N3C(C#N)(C2)CN1C. The summed E-state index contributed by atoms with van der Waals surface area (Å²) in [5, 5.41) is 22.2. The predicted molar refractivity (Wildman–Crippen MR) is 155 cm³/mol. The fourth-order valence-corrected chi connectivity index (χ4v) is 9.33. The number of rotatable bonds is 2. The Labute approximate surface area is 257 Å². The number of aryl methyl sites for hydroxylation is 1. The first-order valence-electron chi connectivity index (χ1n) is 14.3. The van der Waals surface area contributed by atoms with Gasteiger partial charge in [0.1, 0.15) is 17.9 Å². The first-order valence-corrected chi connectivity index (χ1v) is 15.3. The average Bonchev–Trinajstić information content (AvgIpc) is 3.38. The number of fused-ring (bicyclic) bond motifs is 6. The van der Waals surface area contributed by atoms with E-state index in [4.69, 9.17) is 23.7 Å². The number of thioether (sulfide) groups is 1. The molecule has 4 bridgehead atoms. The van der Waals surface area contributed by atoms with Crippen molar-refractivity contribution in [2.24, 2.45) is 0 Å². The van der Waals surface area contributed by atoms with Crippen molar-refractivity contribution >= 4 is 29.5 Å². The number of carbonyl (C=O) groups excluding carboxylic acids is 3. The zero-order valence-corrected chi connectivity index (χ0v) is 25.7. The number of ketones is 1. The van der Waals surface area contributed by atoms with Crippen LogP contribution in [0.5, 0.6) is 28.7 Å². The molecule has 13 heteroatoms. The molecule has 6 aliphatic heterocycles. The molecule has 0 amide bonds. The van der Waals surface area contributed by atoms with Crippen LogP contribution in [0.1, 0.15) is 57.6 Å². The molecule has 1 N–H and O–H groups in total. The van der Waals surface area contributed by atoms with Crippen LogP contribution < -0.4 is 18.9 Å². The van der Waals surface area contributed by atoms with Crippen LogP contribution >= 0.6 is 11.8 Å². The van der Waals surface area contributed by atoms with Crippen molar-refractivity contribution in [2.75, 3.05) is 39.9 Å². The summed E-state index contributed by atoms with van der Waals surface area (Å²) < 4.78 is 29.1. The molecule has 2 fully saturated rings. The van der Waals surface area contributed by atoms with Gasteiger partial charge in [-0.15, -0.1) is 11.8 Å². The minimum absolute atomic E-state index is 0.00212. The topological polar surface area (TPSA) is 148 Å². The Morgan fingerprint density at radius 3 is 2.61 bits per heavy atom. The Kier molecular flexibility index (Phi) is 6.55. The Bertz CT molecular complexity index is 1700. The van der Waals surface area contributed by atoms with Crippen LogP contribution in [0.25, 0.3) is 0 Å². The molecule has 0 saturated carbocycles. The number of hydrogen-bond donors (Lipinski definition) is 1. The molecule has 0 radical (unpaired) electrons. The zero-order valence-electron chi connectivity index (χ0n) is 24.9. The van der Waals surface area contributed by atoms with Gasteiger partial charge in [-0.2, -0.15) is 5.26 Å². The molecule has 3 unspecified atom stereocenters. The quantitative estimate of drug-likeness (QED) is 0.298. The van der Waals surface area contributed by atoms with Gasteiger partial charge in [-0.1, -0.05) is 6.07 Å². The summed E-state index contributed by atoms with van der Waals surface area (Å²) in [7, 11) is 3.42. The molecule has 12 nitrogen and oxygen atoms in total. The molecule has 0 spiro atoms. The molecular weight excluding hydrogens is 590 g/mol. The number of likely N-dealkylation sites (N-methyl/N-ethyl adjacent to an activating group) is 1. The number of benzene rings is 2. The van der Waals surface area contributed by atoms with Gasteiger partial charge < -0.3 is 28.8 Å². The van der Waals surface area contributed by atoms with Gasteiger partial charge in [-0.25, -0.2) is 4.79 Å². The molecule has 2 saturated heterocycles. The number of aromatic hydroxyl groups is 1. The Balaban J connectivity index is 1.59. The average molecular weight is 622 g/mol. The molecule has 0 aromatic heterocycles. The number of ether oxygens (including phenoxy) is 5. The highest BCUT2D eigenvalue weighted by atomic mass is 32.2. The van der Waals surface area contributed by atoms with Gasteiger partial charge in [0.15, 0.2) is 23.0 Å². The van der Waals surface area contributed by atoms with E-state index in [9.17, 15) is 24.8 Å². The lowest BCUT2D eigenvalue weighted by Gasteiger charge is -2.59. The molecule has 2 aromatic carbocycles. The van der Waals surface area contributed by atoms with E-state index in [1.54, 1.807) is 6.92 Å². The van der Waals surface area contributed by atoms with Gasteiger partial charge in [0.2, 0.25) is 12.6 Å². The highest BCUT2D eigenvalue weighted by Gasteiger charge is 2.63. The summed E-state index contributed by atoms with van der Waals surface area (Å²) in [5.41, 5.74) is 2.82. The maximum atomic E-state index is 12.9. The van der Waals surface area contributed by atoms with Crippen LogP contribution in [0.4, 0.5) is 0 Å². The third kappa shape index (κ3) is 3.80. The van der Waals surface area contributed by atoms with Crippen LogP contribution in [0.2, 0.25) is 0 Å². The van der Waals surface area contributed by atoms with E-state index in [0.717, 1.165) is 11.1 Å². The number of nitrogens with zero attached hydrogens (tertiary/aromatic N) is 3. The molecule has 2 aromatic rings. The number of hydrogen-bond acceptors (Lipinski definition) is 13. The lowest BCUT2D eigenvalue weighted by Crippen LogP contribution is -2.69. The number of cyclic esters (lactones) is 1. The maximum absolute atomic E-state index is 12.9. The second-order valence-corrected chi connectivity index (χ2v) is 13.1. The number of carbonyl (C=O) groups is 3. The summed E-state index contributed by atoms with van der Waals surface area (Å²) in [6, 6.07) is 2.77. The van der Waals surface area contributed by atoms with Crippen molar-refractivity contribution in [1.29, 1.82) is 5.26 Å². The van der Waals surface area contributed by atoms with Crippen molar-refractivity contribution in [3.05, 3.63) is 39.4 Å². The number of piperazine rings is 1. The van der Waals surface area contributed by atoms with E-state index >= 15 is 0 Å². The van der Waals surface area contributed by atoms with E-state index in [-0.39, 0.29) is 37.1 Å². The lowest BCUT2D eigenvalue weighted by molar-refractivity contribution is -0.157. The molecule has 6 aliphatic rings.